The fourth-order valence-electron chi connectivity index (χ4n) is 5.47. The van der Waals surface area contributed by atoms with Crippen molar-refractivity contribution in [3.05, 3.63) is 107 Å². The summed E-state index contributed by atoms with van der Waals surface area (Å²) in [4.78, 5) is 53.5. The van der Waals surface area contributed by atoms with Gasteiger partial charge in [-0.2, -0.15) is 19.6 Å². The summed E-state index contributed by atoms with van der Waals surface area (Å²) in [6.45, 7) is 5.17. The normalized spacial score (nSPS) is 20.5. The third-order valence-corrected chi connectivity index (χ3v) is 7.75. The highest BCUT2D eigenvalue weighted by atomic mass is 17.4. The minimum atomic E-state index is -1.93. The lowest BCUT2D eigenvalue weighted by Crippen LogP contribution is -2.66. The zero-order valence-electron chi connectivity index (χ0n) is 26.8. The van der Waals surface area contributed by atoms with E-state index in [0.717, 1.165) is 11.1 Å². The topological polar surface area (TPSA) is 111 Å². The molecule has 0 radical (unpaired) electrons. The Hall–Kier alpha value is -4.68. The van der Waals surface area contributed by atoms with Crippen molar-refractivity contribution in [1.29, 1.82) is 0 Å². The fraction of sp³-hybridized carbons (Fsp3) is 0.314. The number of methoxy groups -OCH3 is 4. The summed E-state index contributed by atoms with van der Waals surface area (Å²) in [7, 11) is 5.61. The monoisotopic (exact) mass is 631 g/mol. The summed E-state index contributed by atoms with van der Waals surface area (Å²) in [5.74, 6) is -4.73. The predicted molar refractivity (Wildman–Crippen MR) is 167 cm³/mol. The van der Waals surface area contributed by atoms with Crippen LogP contribution in [0.3, 0.4) is 0 Å². The summed E-state index contributed by atoms with van der Waals surface area (Å²) in [6, 6.07) is 20.7. The summed E-state index contributed by atoms with van der Waals surface area (Å²) in [5, 5.41) is 0. The van der Waals surface area contributed by atoms with Crippen LogP contribution in [0, 0.1) is 6.92 Å². The molecule has 5 rings (SSSR count). The molecule has 46 heavy (non-hydrogen) atoms. The third-order valence-electron chi connectivity index (χ3n) is 7.75. The van der Waals surface area contributed by atoms with Crippen LogP contribution in [0.25, 0.3) is 6.08 Å². The second-order valence-corrected chi connectivity index (χ2v) is 11.2. The summed E-state index contributed by atoms with van der Waals surface area (Å²) >= 11 is 0. The van der Waals surface area contributed by atoms with Crippen LogP contribution in [0.15, 0.2) is 90.1 Å². The Kier molecular flexibility index (Phi) is 9.50. The van der Waals surface area contributed by atoms with Crippen molar-refractivity contribution >= 4 is 23.7 Å². The summed E-state index contributed by atoms with van der Waals surface area (Å²) < 4.78 is 21.3. The van der Waals surface area contributed by atoms with Gasteiger partial charge in [-0.05, 0) is 68.3 Å². The maximum absolute atomic E-state index is 13.9. The van der Waals surface area contributed by atoms with E-state index in [1.165, 1.54) is 14.2 Å². The van der Waals surface area contributed by atoms with Gasteiger partial charge < -0.3 is 23.8 Å². The quantitative estimate of drug-likeness (QED) is 0.228. The first-order valence-corrected chi connectivity index (χ1v) is 14.5. The number of carbonyl (C=O) groups is 2. The van der Waals surface area contributed by atoms with Gasteiger partial charge in [0, 0.05) is 5.69 Å². The minimum absolute atomic E-state index is 0.0777. The zero-order chi connectivity index (χ0) is 33.1. The predicted octanol–water partition coefficient (Wildman–Crippen LogP) is 5.64. The van der Waals surface area contributed by atoms with E-state index in [2.05, 4.69) is 0 Å². The molecule has 3 aromatic rings. The van der Waals surface area contributed by atoms with E-state index in [9.17, 15) is 9.59 Å². The molecular formula is C35H37NO10. The Labute approximate surface area is 267 Å². The Morgan fingerprint density at radius 3 is 1.80 bits per heavy atom. The van der Waals surface area contributed by atoms with Crippen LogP contribution in [-0.4, -0.2) is 58.0 Å². The second-order valence-electron chi connectivity index (χ2n) is 11.2. The van der Waals surface area contributed by atoms with E-state index in [4.69, 9.17) is 38.5 Å². The standard InChI is InChI=1S/C35H37NO10/c1-22-8-15-25(16-9-22)36-28(21-12-23-10-17-26(39-4)18-11-23)35(45-43-34(2,3)44-46-35)30(24-13-19-27(40-5)20-14-24)29(32(37)41-6)31(36)33(38)42-7/h8-21,28,30H,1-7H3/b21-12+. The summed E-state index contributed by atoms with van der Waals surface area (Å²) in [5.41, 5.74) is 2.66. The van der Waals surface area contributed by atoms with Gasteiger partial charge in [0.15, 0.2) is 0 Å². The third kappa shape index (κ3) is 6.22. The van der Waals surface area contributed by atoms with Crippen molar-refractivity contribution in [2.24, 2.45) is 0 Å². The fourth-order valence-corrected chi connectivity index (χ4v) is 5.47. The number of carbonyl (C=O) groups excluding carboxylic acids is 2. The molecule has 11 heteroatoms. The lowest BCUT2D eigenvalue weighted by Gasteiger charge is -2.53. The SMILES string of the molecule is COC(=O)C1=C(C(=O)OC)N(c2ccc(C)cc2)C(/C=C/c2ccc(OC)cc2)C2(OOC(C)(C)OO2)C1c1ccc(OC)cc1. The first-order valence-electron chi connectivity index (χ1n) is 14.5. The Morgan fingerprint density at radius 2 is 1.28 bits per heavy atom. The maximum atomic E-state index is 13.9. The van der Waals surface area contributed by atoms with Gasteiger partial charge >= 0.3 is 11.9 Å². The molecule has 2 heterocycles. The molecule has 0 N–H and O–H groups in total. The Balaban J connectivity index is 1.86. The zero-order valence-corrected chi connectivity index (χ0v) is 26.8. The smallest absolute Gasteiger partial charge is 0.355 e. The van der Waals surface area contributed by atoms with Crippen LogP contribution in [0.1, 0.15) is 36.5 Å². The number of hydrogen-bond donors (Lipinski definition) is 0. The van der Waals surface area contributed by atoms with E-state index in [1.54, 1.807) is 63.3 Å². The van der Waals surface area contributed by atoms with Crippen molar-refractivity contribution in [2.75, 3.05) is 33.3 Å². The molecular weight excluding hydrogens is 594 g/mol. The average molecular weight is 632 g/mol. The number of rotatable bonds is 8. The molecule has 1 fully saturated rings. The van der Waals surface area contributed by atoms with Crippen molar-refractivity contribution in [1.82, 2.24) is 0 Å². The number of ether oxygens (including phenoxy) is 4. The Morgan fingerprint density at radius 1 is 0.739 bits per heavy atom. The molecule has 2 aliphatic heterocycles. The lowest BCUT2D eigenvalue weighted by atomic mass is 9.75. The molecule has 0 aliphatic carbocycles. The molecule has 2 aliphatic rings. The van der Waals surface area contributed by atoms with Crippen molar-refractivity contribution in [3.8, 4) is 11.5 Å². The van der Waals surface area contributed by atoms with E-state index >= 15 is 0 Å². The van der Waals surface area contributed by atoms with Gasteiger partial charge in [0.1, 0.15) is 23.2 Å². The molecule has 2 atom stereocenters. The largest absolute Gasteiger partial charge is 0.497 e. The number of anilines is 1. The molecule has 0 saturated carbocycles. The van der Waals surface area contributed by atoms with Crippen LogP contribution in [0.5, 0.6) is 11.5 Å². The van der Waals surface area contributed by atoms with Gasteiger partial charge in [0.2, 0.25) is 5.79 Å². The van der Waals surface area contributed by atoms with Crippen LogP contribution < -0.4 is 14.4 Å². The number of benzene rings is 3. The molecule has 1 saturated heterocycles. The molecule has 0 bridgehead atoms. The second kappa shape index (κ2) is 13.4. The number of hydrogen-bond acceptors (Lipinski definition) is 11. The van der Waals surface area contributed by atoms with Gasteiger partial charge in [-0.25, -0.2) is 9.59 Å². The first kappa shape index (κ1) is 32.7. The van der Waals surface area contributed by atoms with Gasteiger partial charge in [0.25, 0.3) is 5.79 Å². The van der Waals surface area contributed by atoms with Crippen LogP contribution in [-0.2, 0) is 38.6 Å². The molecule has 1 spiro atoms. The van der Waals surface area contributed by atoms with E-state index in [0.29, 0.717) is 22.7 Å². The number of nitrogens with zero attached hydrogens (tertiary/aromatic N) is 1. The highest BCUT2D eigenvalue weighted by molar-refractivity contribution is 6.05. The molecule has 0 amide bonds. The van der Waals surface area contributed by atoms with Crippen LogP contribution in [0.2, 0.25) is 0 Å². The van der Waals surface area contributed by atoms with Crippen molar-refractivity contribution in [2.45, 2.75) is 44.3 Å². The van der Waals surface area contributed by atoms with E-state index < -0.39 is 35.5 Å². The van der Waals surface area contributed by atoms with Crippen molar-refractivity contribution in [3.63, 3.8) is 0 Å². The summed E-state index contributed by atoms with van der Waals surface area (Å²) in [6.07, 6.45) is 3.63. The van der Waals surface area contributed by atoms with Crippen molar-refractivity contribution < 1.29 is 48.1 Å². The minimum Gasteiger partial charge on any atom is -0.497 e. The lowest BCUT2D eigenvalue weighted by molar-refractivity contribution is -0.654. The molecule has 242 valence electrons. The van der Waals surface area contributed by atoms with E-state index in [-0.39, 0.29) is 11.3 Å². The molecule has 0 aromatic heterocycles. The van der Waals surface area contributed by atoms with Crippen LogP contribution >= 0.6 is 0 Å². The van der Waals surface area contributed by atoms with Gasteiger partial charge in [-0.3, -0.25) is 0 Å². The number of aryl methyl sites for hydroxylation is 1. The van der Waals surface area contributed by atoms with Gasteiger partial charge in [-0.15, -0.1) is 0 Å². The highest BCUT2D eigenvalue weighted by Gasteiger charge is 2.64. The molecule has 3 aromatic carbocycles. The Bertz CT molecular complexity index is 1600. The first-order chi connectivity index (χ1) is 22.1. The molecule has 2 unspecified atom stereocenters. The molecule has 11 nitrogen and oxygen atoms in total. The van der Waals surface area contributed by atoms with Crippen LogP contribution in [0.4, 0.5) is 5.69 Å². The highest BCUT2D eigenvalue weighted by Crippen LogP contribution is 2.53. The number of esters is 2. The average Bonchev–Trinajstić information content (AvgIpc) is 3.08. The maximum Gasteiger partial charge on any atom is 0.355 e. The van der Waals surface area contributed by atoms with Gasteiger partial charge in [-0.1, -0.05) is 54.1 Å². The van der Waals surface area contributed by atoms with E-state index in [1.807, 2.05) is 61.5 Å². The van der Waals surface area contributed by atoms with Gasteiger partial charge in [0.05, 0.1) is 39.9 Å².